The number of hydrogen-bond donors (Lipinski definition) is 1. The van der Waals surface area contributed by atoms with Crippen molar-refractivity contribution in [2.24, 2.45) is 5.73 Å². The SMILES string of the molecule is C[C@@H](N)c1cccnc1OCc1ccccc1Br. The predicted octanol–water partition coefficient (Wildman–Crippen LogP) is 3.44. The molecule has 2 aromatic rings. The third kappa shape index (κ3) is 3.09. The molecule has 2 N–H and O–H groups in total. The van der Waals surface area contributed by atoms with Crippen molar-refractivity contribution in [1.29, 1.82) is 0 Å². The molecule has 1 aromatic carbocycles. The Morgan fingerprint density at radius 1 is 1.28 bits per heavy atom. The van der Waals surface area contributed by atoms with Gasteiger partial charge in [0.25, 0.3) is 0 Å². The van der Waals surface area contributed by atoms with Crippen LogP contribution in [0.3, 0.4) is 0 Å². The molecular weight excluding hydrogens is 292 g/mol. The second kappa shape index (κ2) is 5.98. The third-order valence-corrected chi connectivity index (χ3v) is 3.39. The van der Waals surface area contributed by atoms with Crippen LogP contribution >= 0.6 is 15.9 Å². The fraction of sp³-hybridized carbons (Fsp3) is 0.214. The molecule has 0 aliphatic heterocycles. The van der Waals surface area contributed by atoms with E-state index in [0.717, 1.165) is 15.6 Å². The minimum Gasteiger partial charge on any atom is -0.473 e. The molecule has 0 unspecified atom stereocenters. The lowest BCUT2D eigenvalue weighted by Crippen LogP contribution is -2.09. The molecule has 0 aliphatic carbocycles. The first-order valence-electron chi connectivity index (χ1n) is 5.75. The number of nitrogens with two attached hydrogens (primary N) is 1. The van der Waals surface area contributed by atoms with Gasteiger partial charge in [0.2, 0.25) is 5.88 Å². The Balaban J connectivity index is 2.14. The van der Waals surface area contributed by atoms with E-state index in [1.807, 2.05) is 43.3 Å². The summed E-state index contributed by atoms with van der Waals surface area (Å²) in [5.41, 5.74) is 7.89. The lowest BCUT2D eigenvalue weighted by molar-refractivity contribution is 0.288. The van der Waals surface area contributed by atoms with Crippen molar-refractivity contribution in [3.05, 3.63) is 58.2 Å². The van der Waals surface area contributed by atoms with Crippen LogP contribution in [0.25, 0.3) is 0 Å². The van der Waals surface area contributed by atoms with E-state index in [-0.39, 0.29) is 6.04 Å². The Morgan fingerprint density at radius 2 is 2.06 bits per heavy atom. The Labute approximate surface area is 115 Å². The van der Waals surface area contributed by atoms with Crippen molar-refractivity contribution in [2.75, 3.05) is 0 Å². The lowest BCUT2D eigenvalue weighted by Gasteiger charge is -2.13. The van der Waals surface area contributed by atoms with Crippen LogP contribution in [0.4, 0.5) is 0 Å². The molecule has 0 saturated heterocycles. The van der Waals surface area contributed by atoms with Gasteiger partial charge in [-0.05, 0) is 19.1 Å². The van der Waals surface area contributed by atoms with E-state index >= 15 is 0 Å². The van der Waals surface area contributed by atoms with Crippen LogP contribution in [0.1, 0.15) is 24.1 Å². The van der Waals surface area contributed by atoms with Gasteiger partial charge < -0.3 is 10.5 Å². The Bertz CT molecular complexity index is 529. The van der Waals surface area contributed by atoms with Crippen molar-refractivity contribution in [3.8, 4) is 5.88 Å². The molecule has 4 heteroatoms. The molecule has 1 atom stereocenters. The smallest absolute Gasteiger partial charge is 0.218 e. The predicted molar refractivity (Wildman–Crippen MR) is 75.3 cm³/mol. The van der Waals surface area contributed by atoms with E-state index < -0.39 is 0 Å². The number of pyridine rings is 1. The average Bonchev–Trinajstić information content (AvgIpc) is 2.38. The van der Waals surface area contributed by atoms with E-state index in [4.69, 9.17) is 10.5 Å². The van der Waals surface area contributed by atoms with E-state index in [9.17, 15) is 0 Å². The van der Waals surface area contributed by atoms with Crippen LogP contribution in [-0.4, -0.2) is 4.98 Å². The molecule has 0 aliphatic rings. The van der Waals surface area contributed by atoms with E-state index in [2.05, 4.69) is 20.9 Å². The highest BCUT2D eigenvalue weighted by Crippen LogP contribution is 2.23. The quantitative estimate of drug-likeness (QED) is 0.941. The van der Waals surface area contributed by atoms with Crippen LogP contribution < -0.4 is 10.5 Å². The fourth-order valence-electron chi connectivity index (χ4n) is 1.63. The van der Waals surface area contributed by atoms with Crippen molar-refractivity contribution >= 4 is 15.9 Å². The average molecular weight is 307 g/mol. The monoisotopic (exact) mass is 306 g/mol. The minimum absolute atomic E-state index is 0.0899. The van der Waals surface area contributed by atoms with Gasteiger partial charge in [-0.2, -0.15) is 0 Å². The molecule has 1 aromatic heterocycles. The molecule has 0 bridgehead atoms. The molecule has 2 rings (SSSR count). The number of rotatable bonds is 4. The number of benzene rings is 1. The van der Waals surface area contributed by atoms with E-state index in [1.165, 1.54) is 0 Å². The van der Waals surface area contributed by atoms with Crippen LogP contribution in [0.15, 0.2) is 47.1 Å². The number of ether oxygens (including phenoxy) is 1. The fourth-order valence-corrected chi connectivity index (χ4v) is 2.03. The van der Waals surface area contributed by atoms with E-state index in [1.54, 1.807) is 6.20 Å². The second-order valence-electron chi connectivity index (χ2n) is 4.07. The maximum Gasteiger partial charge on any atom is 0.218 e. The largest absolute Gasteiger partial charge is 0.473 e. The summed E-state index contributed by atoms with van der Waals surface area (Å²) in [6, 6.07) is 11.7. The Morgan fingerprint density at radius 3 is 2.78 bits per heavy atom. The normalized spacial score (nSPS) is 12.2. The first kappa shape index (κ1) is 13.1. The van der Waals surface area contributed by atoms with Gasteiger partial charge in [-0.15, -0.1) is 0 Å². The molecule has 0 saturated carbocycles. The van der Waals surface area contributed by atoms with Gasteiger partial charge in [-0.25, -0.2) is 4.98 Å². The Hall–Kier alpha value is -1.39. The van der Waals surface area contributed by atoms with Gasteiger partial charge in [0, 0.05) is 27.8 Å². The molecule has 1 heterocycles. The van der Waals surface area contributed by atoms with Gasteiger partial charge in [0.05, 0.1) is 0 Å². The summed E-state index contributed by atoms with van der Waals surface area (Å²) in [7, 11) is 0. The highest BCUT2D eigenvalue weighted by molar-refractivity contribution is 9.10. The Kier molecular flexibility index (Phi) is 4.33. The van der Waals surface area contributed by atoms with E-state index in [0.29, 0.717) is 12.5 Å². The maximum atomic E-state index is 5.88. The third-order valence-electron chi connectivity index (χ3n) is 2.61. The first-order chi connectivity index (χ1) is 8.68. The van der Waals surface area contributed by atoms with Gasteiger partial charge in [0.15, 0.2) is 0 Å². The highest BCUT2D eigenvalue weighted by atomic mass is 79.9. The summed E-state index contributed by atoms with van der Waals surface area (Å²) in [6.07, 6.45) is 1.71. The maximum absolute atomic E-state index is 5.88. The number of halogens is 1. The zero-order valence-corrected chi connectivity index (χ0v) is 11.7. The second-order valence-corrected chi connectivity index (χ2v) is 4.92. The number of hydrogen-bond acceptors (Lipinski definition) is 3. The minimum atomic E-state index is -0.0899. The summed E-state index contributed by atoms with van der Waals surface area (Å²) in [6.45, 7) is 2.39. The topological polar surface area (TPSA) is 48.1 Å². The molecule has 0 radical (unpaired) electrons. The molecule has 0 amide bonds. The summed E-state index contributed by atoms with van der Waals surface area (Å²) >= 11 is 3.49. The van der Waals surface area contributed by atoms with Gasteiger partial charge in [-0.1, -0.05) is 40.2 Å². The van der Waals surface area contributed by atoms with Gasteiger partial charge in [0.1, 0.15) is 6.61 Å². The van der Waals surface area contributed by atoms with Crippen LogP contribution in [-0.2, 0) is 6.61 Å². The first-order valence-corrected chi connectivity index (χ1v) is 6.54. The lowest BCUT2D eigenvalue weighted by atomic mass is 10.1. The summed E-state index contributed by atoms with van der Waals surface area (Å²) in [4.78, 5) is 4.23. The molecule has 3 nitrogen and oxygen atoms in total. The van der Waals surface area contributed by atoms with Crippen molar-refractivity contribution < 1.29 is 4.74 Å². The van der Waals surface area contributed by atoms with Crippen molar-refractivity contribution in [1.82, 2.24) is 4.98 Å². The highest BCUT2D eigenvalue weighted by Gasteiger charge is 2.09. The van der Waals surface area contributed by atoms with Crippen LogP contribution in [0.5, 0.6) is 5.88 Å². The standard InChI is InChI=1S/C14H15BrN2O/c1-10(16)12-6-4-8-17-14(12)18-9-11-5-2-3-7-13(11)15/h2-8,10H,9,16H2,1H3/t10-/m1/s1. The summed E-state index contributed by atoms with van der Waals surface area (Å²) in [5.74, 6) is 0.600. The molecule has 18 heavy (non-hydrogen) atoms. The molecule has 0 spiro atoms. The van der Waals surface area contributed by atoms with Crippen molar-refractivity contribution in [2.45, 2.75) is 19.6 Å². The van der Waals surface area contributed by atoms with Crippen LogP contribution in [0, 0.1) is 0 Å². The molecule has 0 fully saturated rings. The zero-order valence-electron chi connectivity index (χ0n) is 10.1. The van der Waals surface area contributed by atoms with Gasteiger partial charge >= 0.3 is 0 Å². The molecular formula is C14H15BrN2O. The summed E-state index contributed by atoms with van der Waals surface area (Å²) < 4.78 is 6.78. The van der Waals surface area contributed by atoms with Gasteiger partial charge in [-0.3, -0.25) is 0 Å². The number of aromatic nitrogens is 1. The zero-order chi connectivity index (χ0) is 13.0. The van der Waals surface area contributed by atoms with Crippen molar-refractivity contribution in [3.63, 3.8) is 0 Å². The summed E-state index contributed by atoms with van der Waals surface area (Å²) in [5, 5.41) is 0. The van der Waals surface area contributed by atoms with Crippen LogP contribution in [0.2, 0.25) is 0 Å². The molecule has 94 valence electrons. The number of nitrogens with zero attached hydrogens (tertiary/aromatic N) is 1.